The predicted molar refractivity (Wildman–Crippen MR) is 71.5 cm³/mol. The van der Waals surface area contributed by atoms with Crippen LogP contribution in [0.3, 0.4) is 0 Å². The van der Waals surface area contributed by atoms with Crippen molar-refractivity contribution < 1.29 is 4.74 Å². The molecule has 2 rings (SSSR count). The van der Waals surface area contributed by atoms with Crippen LogP contribution in [0.1, 0.15) is 24.0 Å². The minimum absolute atomic E-state index is 0.654. The highest BCUT2D eigenvalue weighted by molar-refractivity contribution is 6.31. The standard InChI is InChI=1S/C14H20ClNO/c1-17-10-12-3-2-4-14(15)13(12)9-11-5-7-16-8-6-11/h2-4,11,16H,5-10H2,1H3. The highest BCUT2D eigenvalue weighted by Crippen LogP contribution is 2.27. The van der Waals surface area contributed by atoms with E-state index in [4.69, 9.17) is 16.3 Å². The van der Waals surface area contributed by atoms with Crippen LogP contribution in [0.4, 0.5) is 0 Å². The summed E-state index contributed by atoms with van der Waals surface area (Å²) >= 11 is 6.31. The van der Waals surface area contributed by atoms with Crippen LogP contribution in [0, 0.1) is 5.92 Å². The lowest BCUT2D eigenvalue weighted by molar-refractivity contribution is 0.183. The number of hydrogen-bond acceptors (Lipinski definition) is 2. The van der Waals surface area contributed by atoms with Gasteiger partial charge in [0.1, 0.15) is 0 Å². The molecule has 0 saturated carbocycles. The van der Waals surface area contributed by atoms with Crippen molar-refractivity contribution in [1.82, 2.24) is 5.32 Å². The molecule has 1 aliphatic heterocycles. The molecule has 1 saturated heterocycles. The van der Waals surface area contributed by atoms with E-state index < -0.39 is 0 Å². The molecular formula is C14H20ClNO. The normalized spacial score (nSPS) is 17.3. The first-order valence-electron chi connectivity index (χ1n) is 6.27. The summed E-state index contributed by atoms with van der Waals surface area (Å²) in [7, 11) is 1.73. The van der Waals surface area contributed by atoms with Gasteiger partial charge in [-0.1, -0.05) is 23.7 Å². The zero-order chi connectivity index (χ0) is 12.1. The topological polar surface area (TPSA) is 21.3 Å². The molecule has 94 valence electrons. The molecule has 1 aromatic rings. The van der Waals surface area contributed by atoms with Crippen molar-refractivity contribution in [2.45, 2.75) is 25.9 Å². The molecule has 0 spiro atoms. The van der Waals surface area contributed by atoms with Crippen molar-refractivity contribution in [3.05, 3.63) is 34.3 Å². The highest BCUT2D eigenvalue weighted by atomic mass is 35.5. The molecule has 1 N–H and O–H groups in total. The maximum absolute atomic E-state index is 6.31. The van der Waals surface area contributed by atoms with Crippen LogP contribution in [-0.2, 0) is 17.8 Å². The molecule has 0 aliphatic carbocycles. The summed E-state index contributed by atoms with van der Waals surface area (Å²) in [5.74, 6) is 0.756. The summed E-state index contributed by atoms with van der Waals surface area (Å²) in [5, 5.41) is 4.28. The van der Waals surface area contributed by atoms with Crippen molar-refractivity contribution in [3.63, 3.8) is 0 Å². The SMILES string of the molecule is COCc1cccc(Cl)c1CC1CCNCC1. The van der Waals surface area contributed by atoms with Gasteiger partial charge in [-0.2, -0.15) is 0 Å². The van der Waals surface area contributed by atoms with Crippen molar-refractivity contribution in [3.8, 4) is 0 Å². The third-order valence-corrected chi connectivity index (χ3v) is 3.82. The van der Waals surface area contributed by atoms with E-state index >= 15 is 0 Å². The number of ether oxygens (including phenoxy) is 1. The van der Waals surface area contributed by atoms with Gasteiger partial charge < -0.3 is 10.1 Å². The number of hydrogen-bond donors (Lipinski definition) is 1. The average molecular weight is 254 g/mol. The van der Waals surface area contributed by atoms with E-state index in [1.807, 2.05) is 12.1 Å². The molecule has 0 aromatic heterocycles. The molecule has 3 heteroatoms. The van der Waals surface area contributed by atoms with Gasteiger partial charge in [0.2, 0.25) is 0 Å². The predicted octanol–water partition coefficient (Wildman–Crippen LogP) is 3.03. The molecule has 1 aliphatic rings. The van der Waals surface area contributed by atoms with Crippen LogP contribution in [0.15, 0.2) is 18.2 Å². The first-order chi connectivity index (χ1) is 8.31. The lowest BCUT2D eigenvalue weighted by Crippen LogP contribution is -2.28. The zero-order valence-electron chi connectivity index (χ0n) is 10.3. The molecule has 17 heavy (non-hydrogen) atoms. The van der Waals surface area contributed by atoms with E-state index in [9.17, 15) is 0 Å². The van der Waals surface area contributed by atoms with Gasteiger partial charge in [-0.05, 0) is 55.5 Å². The fraction of sp³-hybridized carbons (Fsp3) is 0.571. The van der Waals surface area contributed by atoms with Crippen molar-refractivity contribution in [2.75, 3.05) is 20.2 Å². The summed E-state index contributed by atoms with van der Waals surface area (Å²) in [6.45, 7) is 2.92. The van der Waals surface area contributed by atoms with Crippen molar-refractivity contribution in [1.29, 1.82) is 0 Å². The van der Waals surface area contributed by atoms with Crippen LogP contribution in [0.5, 0.6) is 0 Å². The summed E-state index contributed by atoms with van der Waals surface area (Å²) in [4.78, 5) is 0. The number of methoxy groups -OCH3 is 1. The van der Waals surface area contributed by atoms with Crippen LogP contribution in [-0.4, -0.2) is 20.2 Å². The second kappa shape index (κ2) is 6.39. The monoisotopic (exact) mass is 253 g/mol. The number of benzene rings is 1. The maximum atomic E-state index is 6.31. The Morgan fingerprint density at radius 1 is 1.35 bits per heavy atom. The fourth-order valence-electron chi connectivity index (χ4n) is 2.50. The van der Waals surface area contributed by atoms with Crippen LogP contribution >= 0.6 is 11.6 Å². The van der Waals surface area contributed by atoms with Crippen LogP contribution in [0.25, 0.3) is 0 Å². The molecular weight excluding hydrogens is 234 g/mol. The van der Waals surface area contributed by atoms with Gasteiger partial charge in [0.25, 0.3) is 0 Å². The lowest BCUT2D eigenvalue weighted by atomic mass is 9.89. The van der Waals surface area contributed by atoms with Gasteiger partial charge in [-0.3, -0.25) is 0 Å². The van der Waals surface area contributed by atoms with E-state index in [0.717, 1.165) is 30.5 Å². The number of rotatable bonds is 4. The van der Waals surface area contributed by atoms with E-state index in [2.05, 4.69) is 11.4 Å². The van der Waals surface area contributed by atoms with Gasteiger partial charge in [-0.25, -0.2) is 0 Å². The number of nitrogens with one attached hydrogen (secondary N) is 1. The van der Waals surface area contributed by atoms with E-state index in [-0.39, 0.29) is 0 Å². The first kappa shape index (κ1) is 12.9. The fourth-order valence-corrected chi connectivity index (χ4v) is 2.77. The Morgan fingerprint density at radius 2 is 2.12 bits per heavy atom. The molecule has 0 atom stereocenters. The van der Waals surface area contributed by atoms with E-state index in [0.29, 0.717) is 6.61 Å². The smallest absolute Gasteiger partial charge is 0.0716 e. The van der Waals surface area contributed by atoms with Gasteiger partial charge in [0.05, 0.1) is 6.61 Å². The molecule has 0 bridgehead atoms. The third-order valence-electron chi connectivity index (χ3n) is 3.47. The number of halogens is 1. The summed E-state index contributed by atoms with van der Waals surface area (Å²) < 4.78 is 5.24. The largest absolute Gasteiger partial charge is 0.380 e. The molecule has 0 amide bonds. The second-order valence-corrected chi connectivity index (χ2v) is 5.12. The van der Waals surface area contributed by atoms with Gasteiger partial charge in [0.15, 0.2) is 0 Å². The Labute approximate surface area is 108 Å². The molecule has 1 heterocycles. The molecule has 1 aromatic carbocycles. The van der Waals surface area contributed by atoms with Crippen molar-refractivity contribution >= 4 is 11.6 Å². The Balaban J connectivity index is 2.12. The molecule has 0 radical (unpaired) electrons. The van der Waals surface area contributed by atoms with Crippen molar-refractivity contribution in [2.24, 2.45) is 5.92 Å². The van der Waals surface area contributed by atoms with E-state index in [1.165, 1.54) is 24.0 Å². The average Bonchev–Trinajstić information content (AvgIpc) is 2.35. The number of piperidine rings is 1. The Kier molecular flexibility index (Phi) is 4.84. The molecule has 1 fully saturated rings. The lowest BCUT2D eigenvalue weighted by Gasteiger charge is -2.24. The Hall–Kier alpha value is -0.570. The van der Waals surface area contributed by atoms with Gasteiger partial charge >= 0.3 is 0 Å². The summed E-state index contributed by atoms with van der Waals surface area (Å²) in [6, 6.07) is 6.10. The summed E-state index contributed by atoms with van der Waals surface area (Å²) in [5.41, 5.74) is 2.52. The molecule has 0 unspecified atom stereocenters. The minimum Gasteiger partial charge on any atom is -0.380 e. The van der Waals surface area contributed by atoms with Crippen LogP contribution < -0.4 is 5.32 Å². The van der Waals surface area contributed by atoms with Gasteiger partial charge in [0, 0.05) is 12.1 Å². The summed E-state index contributed by atoms with van der Waals surface area (Å²) in [6.07, 6.45) is 3.58. The quantitative estimate of drug-likeness (QED) is 0.891. The second-order valence-electron chi connectivity index (χ2n) is 4.71. The van der Waals surface area contributed by atoms with Gasteiger partial charge in [-0.15, -0.1) is 0 Å². The first-order valence-corrected chi connectivity index (χ1v) is 6.65. The Morgan fingerprint density at radius 3 is 2.82 bits per heavy atom. The maximum Gasteiger partial charge on any atom is 0.0716 e. The van der Waals surface area contributed by atoms with E-state index in [1.54, 1.807) is 7.11 Å². The zero-order valence-corrected chi connectivity index (χ0v) is 11.1. The third kappa shape index (κ3) is 3.44. The molecule has 2 nitrogen and oxygen atoms in total. The Bertz CT molecular complexity index is 361. The minimum atomic E-state index is 0.654. The highest BCUT2D eigenvalue weighted by Gasteiger charge is 2.17. The van der Waals surface area contributed by atoms with Crippen LogP contribution in [0.2, 0.25) is 5.02 Å².